The van der Waals surface area contributed by atoms with Crippen LogP contribution in [-0.4, -0.2) is 41.5 Å². The molecule has 1 atom stereocenters. The first kappa shape index (κ1) is 15.4. The molecule has 0 aliphatic carbocycles. The summed E-state index contributed by atoms with van der Waals surface area (Å²) in [6.07, 6.45) is 0.841. The van der Waals surface area contributed by atoms with E-state index in [-0.39, 0.29) is 0 Å². The van der Waals surface area contributed by atoms with Gasteiger partial charge in [-0.3, -0.25) is 0 Å². The van der Waals surface area contributed by atoms with Crippen LogP contribution in [0.5, 0.6) is 0 Å². The molecule has 18 heavy (non-hydrogen) atoms. The van der Waals surface area contributed by atoms with Gasteiger partial charge in [0.15, 0.2) is 0 Å². The van der Waals surface area contributed by atoms with Gasteiger partial charge in [-0.25, -0.2) is 9.97 Å². The zero-order valence-corrected chi connectivity index (χ0v) is 13.5. The molecule has 5 heteroatoms. The van der Waals surface area contributed by atoms with Crippen molar-refractivity contribution in [3.8, 4) is 0 Å². The second kappa shape index (κ2) is 7.04. The van der Waals surface area contributed by atoms with Crippen molar-refractivity contribution in [1.82, 2.24) is 14.9 Å². The van der Waals surface area contributed by atoms with E-state index >= 15 is 0 Å². The number of anilines is 1. The number of likely N-dealkylation sites (N-methyl/N-ethyl adjacent to an activating group) is 1. The van der Waals surface area contributed by atoms with Crippen molar-refractivity contribution in [2.24, 2.45) is 5.92 Å². The Kier molecular flexibility index (Phi) is 6.02. The van der Waals surface area contributed by atoms with Crippen LogP contribution in [-0.2, 0) is 6.42 Å². The molecule has 0 radical (unpaired) electrons. The lowest BCUT2D eigenvalue weighted by molar-refractivity contribution is 0.344. The lowest BCUT2D eigenvalue weighted by Gasteiger charge is -2.26. The van der Waals surface area contributed by atoms with Gasteiger partial charge >= 0.3 is 0 Å². The SMILES string of the molecule is CCc1nc(Br)cc(NC(CN(C)C)C(C)C)n1. The van der Waals surface area contributed by atoms with Crippen molar-refractivity contribution >= 4 is 21.7 Å². The summed E-state index contributed by atoms with van der Waals surface area (Å²) in [7, 11) is 4.18. The fraction of sp³-hybridized carbons (Fsp3) is 0.692. The highest BCUT2D eigenvalue weighted by Gasteiger charge is 2.15. The van der Waals surface area contributed by atoms with E-state index < -0.39 is 0 Å². The Morgan fingerprint density at radius 1 is 1.33 bits per heavy atom. The van der Waals surface area contributed by atoms with Crippen LogP contribution in [0.2, 0.25) is 0 Å². The maximum atomic E-state index is 4.51. The van der Waals surface area contributed by atoms with E-state index in [0.29, 0.717) is 12.0 Å². The lowest BCUT2D eigenvalue weighted by Crippen LogP contribution is -2.36. The third-order valence-corrected chi connectivity index (χ3v) is 3.16. The van der Waals surface area contributed by atoms with E-state index in [1.54, 1.807) is 0 Å². The summed E-state index contributed by atoms with van der Waals surface area (Å²) in [6.45, 7) is 7.49. The number of halogens is 1. The Bertz CT molecular complexity index is 379. The molecule has 0 aliphatic rings. The molecule has 1 rings (SSSR count). The van der Waals surface area contributed by atoms with Crippen LogP contribution in [0.15, 0.2) is 10.7 Å². The van der Waals surface area contributed by atoms with Crippen molar-refractivity contribution < 1.29 is 0 Å². The zero-order chi connectivity index (χ0) is 13.7. The molecular weight excluding hydrogens is 292 g/mol. The summed E-state index contributed by atoms with van der Waals surface area (Å²) >= 11 is 3.43. The molecule has 1 N–H and O–H groups in total. The van der Waals surface area contributed by atoms with Crippen LogP contribution in [0.25, 0.3) is 0 Å². The molecule has 1 heterocycles. The first-order valence-corrected chi connectivity index (χ1v) is 7.16. The smallest absolute Gasteiger partial charge is 0.131 e. The van der Waals surface area contributed by atoms with Gasteiger partial charge in [0.1, 0.15) is 16.2 Å². The molecule has 0 fully saturated rings. The normalized spacial score (nSPS) is 13.1. The summed E-state index contributed by atoms with van der Waals surface area (Å²) in [5, 5.41) is 3.50. The average molecular weight is 315 g/mol. The molecule has 4 nitrogen and oxygen atoms in total. The predicted octanol–water partition coefficient (Wildman–Crippen LogP) is 2.80. The minimum absolute atomic E-state index is 0.381. The Hall–Kier alpha value is -0.680. The molecule has 0 amide bonds. The number of nitrogens with one attached hydrogen (secondary N) is 1. The van der Waals surface area contributed by atoms with Crippen molar-refractivity contribution in [2.75, 3.05) is 26.0 Å². The van der Waals surface area contributed by atoms with Gasteiger partial charge in [-0.2, -0.15) is 0 Å². The number of aryl methyl sites for hydroxylation is 1. The molecule has 1 unspecified atom stereocenters. The fourth-order valence-electron chi connectivity index (χ4n) is 1.70. The average Bonchev–Trinajstić information content (AvgIpc) is 2.26. The quantitative estimate of drug-likeness (QED) is 0.820. The summed E-state index contributed by atoms with van der Waals surface area (Å²) in [6, 6.07) is 2.32. The molecule has 1 aromatic rings. The molecule has 0 bridgehead atoms. The van der Waals surface area contributed by atoms with Gasteiger partial charge in [-0.15, -0.1) is 0 Å². The molecule has 0 saturated carbocycles. The third kappa shape index (κ3) is 4.90. The zero-order valence-electron chi connectivity index (χ0n) is 11.9. The maximum Gasteiger partial charge on any atom is 0.131 e. The number of aromatic nitrogens is 2. The van der Waals surface area contributed by atoms with Crippen LogP contribution in [0.1, 0.15) is 26.6 Å². The van der Waals surface area contributed by atoms with Gasteiger partial charge in [-0.1, -0.05) is 20.8 Å². The monoisotopic (exact) mass is 314 g/mol. The first-order valence-electron chi connectivity index (χ1n) is 6.37. The van der Waals surface area contributed by atoms with Gasteiger partial charge in [0.05, 0.1) is 0 Å². The van der Waals surface area contributed by atoms with Crippen LogP contribution in [0, 0.1) is 5.92 Å². The Balaban J connectivity index is 2.82. The van der Waals surface area contributed by atoms with Gasteiger partial charge < -0.3 is 10.2 Å². The van der Waals surface area contributed by atoms with Gasteiger partial charge in [-0.05, 0) is 35.9 Å². The highest BCUT2D eigenvalue weighted by atomic mass is 79.9. The van der Waals surface area contributed by atoms with Crippen molar-refractivity contribution in [1.29, 1.82) is 0 Å². The highest BCUT2D eigenvalue weighted by molar-refractivity contribution is 9.10. The van der Waals surface area contributed by atoms with Gasteiger partial charge in [0.25, 0.3) is 0 Å². The minimum Gasteiger partial charge on any atom is -0.366 e. The summed E-state index contributed by atoms with van der Waals surface area (Å²) in [5.74, 6) is 2.31. The van der Waals surface area contributed by atoms with Crippen LogP contribution < -0.4 is 5.32 Å². The fourth-order valence-corrected chi connectivity index (χ4v) is 2.12. The van der Waals surface area contributed by atoms with E-state index in [9.17, 15) is 0 Å². The number of hydrogen-bond acceptors (Lipinski definition) is 4. The van der Waals surface area contributed by atoms with Crippen LogP contribution >= 0.6 is 15.9 Å². The summed E-state index contributed by atoms with van der Waals surface area (Å²) in [5.41, 5.74) is 0. The van der Waals surface area contributed by atoms with E-state index in [0.717, 1.165) is 29.2 Å². The third-order valence-electron chi connectivity index (χ3n) is 2.76. The topological polar surface area (TPSA) is 41.1 Å². The summed E-state index contributed by atoms with van der Waals surface area (Å²) in [4.78, 5) is 11.0. The van der Waals surface area contributed by atoms with E-state index in [2.05, 4.69) is 71.0 Å². The van der Waals surface area contributed by atoms with Crippen molar-refractivity contribution in [3.63, 3.8) is 0 Å². The maximum absolute atomic E-state index is 4.51. The van der Waals surface area contributed by atoms with Gasteiger partial charge in [0, 0.05) is 25.1 Å². The largest absolute Gasteiger partial charge is 0.366 e. The van der Waals surface area contributed by atoms with E-state index in [4.69, 9.17) is 0 Å². The van der Waals surface area contributed by atoms with Crippen molar-refractivity contribution in [3.05, 3.63) is 16.5 Å². The van der Waals surface area contributed by atoms with Crippen LogP contribution in [0.4, 0.5) is 5.82 Å². The standard InChI is InChI=1S/C13H23BrN4/c1-6-12-16-11(14)7-13(17-12)15-10(9(2)3)8-18(4)5/h7,9-10H,6,8H2,1-5H3,(H,15,16,17). The van der Waals surface area contributed by atoms with E-state index in [1.165, 1.54) is 0 Å². The highest BCUT2D eigenvalue weighted by Crippen LogP contribution is 2.16. The number of nitrogens with zero attached hydrogens (tertiary/aromatic N) is 3. The van der Waals surface area contributed by atoms with Crippen molar-refractivity contribution in [2.45, 2.75) is 33.2 Å². The molecule has 1 aromatic heterocycles. The first-order chi connectivity index (χ1) is 8.42. The Morgan fingerprint density at radius 3 is 2.50 bits per heavy atom. The van der Waals surface area contributed by atoms with E-state index in [1.807, 2.05) is 6.07 Å². The molecule has 102 valence electrons. The lowest BCUT2D eigenvalue weighted by atomic mass is 10.0. The molecule has 0 aromatic carbocycles. The second-order valence-corrected chi connectivity index (χ2v) is 5.92. The summed E-state index contributed by atoms with van der Waals surface area (Å²) < 4.78 is 0.837. The predicted molar refractivity (Wildman–Crippen MR) is 79.9 cm³/mol. The number of hydrogen-bond donors (Lipinski definition) is 1. The second-order valence-electron chi connectivity index (χ2n) is 5.10. The molecular formula is C13H23BrN4. The minimum atomic E-state index is 0.381. The number of rotatable bonds is 6. The van der Waals surface area contributed by atoms with Crippen LogP contribution in [0.3, 0.4) is 0 Å². The molecule has 0 saturated heterocycles. The van der Waals surface area contributed by atoms with Gasteiger partial charge in [0.2, 0.25) is 0 Å². The Morgan fingerprint density at radius 2 is 2.00 bits per heavy atom. The molecule has 0 aliphatic heterocycles. The molecule has 0 spiro atoms. The Labute approximate surface area is 118 Å².